The second-order valence-electron chi connectivity index (χ2n) is 3.08. The van der Waals surface area contributed by atoms with Crippen LogP contribution in [0.5, 0.6) is 0 Å². The van der Waals surface area contributed by atoms with Crippen LogP contribution in [0, 0.1) is 0 Å². The Kier molecular flexibility index (Phi) is 2.65. The van der Waals surface area contributed by atoms with Gasteiger partial charge in [0.05, 0.1) is 18.8 Å². The van der Waals surface area contributed by atoms with Crippen molar-refractivity contribution < 1.29 is 9.53 Å². The Morgan fingerprint density at radius 1 is 1.29 bits per heavy atom. The number of rotatable bonds is 2. The lowest BCUT2D eigenvalue weighted by molar-refractivity contribution is -0.140. The second kappa shape index (κ2) is 4.11. The van der Waals surface area contributed by atoms with Crippen molar-refractivity contribution in [1.29, 1.82) is 0 Å². The Bertz CT molecular complexity index is 313. The van der Waals surface area contributed by atoms with E-state index in [1.807, 2.05) is 30.3 Å². The third-order valence-corrected chi connectivity index (χ3v) is 2.02. The lowest BCUT2D eigenvalue weighted by Crippen LogP contribution is -2.45. The molecule has 0 radical (unpaired) electrons. The number of ether oxygens (including phenoxy) is 1. The van der Waals surface area contributed by atoms with Crippen molar-refractivity contribution in [3.05, 3.63) is 30.3 Å². The summed E-state index contributed by atoms with van der Waals surface area (Å²) < 4.78 is 5.02. The summed E-state index contributed by atoms with van der Waals surface area (Å²) in [7, 11) is 0. The molecule has 1 saturated heterocycles. The molecule has 0 aliphatic carbocycles. The Morgan fingerprint density at radius 3 is 2.79 bits per heavy atom. The summed E-state index contributed by atoms with van der Waals surface area (Å²) >= 11 is 0. The van der Waals surface area contributed by atoms with E-state index in [9.17, 15) is 4.79 Å². The van der Waals surface area contributed by atoms with Crippen LogP contribution in [-0.2, 0) is 9.53 Å². The van der Waals surface area contributed by atoms with Crippen molar-refractivity contribution in [1.82, 2.24) is 5.01 Å². The van der Waals surface area contributed by atoms with Crippen LogP contribution in [0.1, 0.15) is 0 Å². The van der Waals surface area contributed by atoms with Crippen molar-refractivity contribution in [2.75, 3.05) is 25.2 Å². The van der Waals surface area contributed by atoms with E-state index in [1.165, 1.54) is 0 Å². The molecule has 0 unspecified atom stereocenters. The maximum Gasteiger partial charge on any atom is 0.266 e. The maximum atomic E-state index is 11.3. The predicted octanol–water partition coefficient (Wildman–Crippen LogP) is 0.872. The highest BCUT2D eigenvalue weighted by molar-refractivity contribution is 5.79. The highest BCUT2D eigenvalue weighted by Crippen LogP contribution is 2.08. The lowest BCUT2D eigenvalue weighted by atomic mass is 10.3. The van der Waals surface area contributed by atoms with Crippen molar-refractivity contribution in [3.63, 3.8) is 0 Å². The van der Waals surface area contributed by atoms with Crippen LogP contribution in [-0.4, -0.2) is 30.7 Å². The summed E-state index contributed by atoms with van der Waals surface area (Å²) in [4.78, 5) is 11.3. The molecule has 1 aromatic rings. The molecule has 74 valence electrons. The fraction of sp³-hybridized carbons (Fsp3) is 0.300. The highest BCUT2D eigenvalue weighted by Gasteiger charge is 2.17. The molecule has 1 heterocycles. The van der Waals surface area contributed by atoms with Crippen LogP contribution in [0.25, 0.3) is 0 Å². The number of amides is 1. The van der Waals surface area contributed by atoms with E-state index >= 15 is 0 Å². The van der Waals surface area contributed by atoms with Crippen LogP contribution >= 0.6 is 0 Å². The lowest BCUT2D eigenvalue weighted by Gasteiger charge is -2.27. The number of hydrogen-bond acceptors (Lipinski definition) is 3. The summed E-state index contributed by atoms with van der Waals surface area (Å²) in [5.74, 6) is -0.0277. The molecule has 1 N–H and O–H groups in total. The van der Waals surface area contributed by atoms with Crippen molar-refractivity contribution in [2.45, 2.75) is 0 Å². The Hall–Kier alpha value is -1.55. The van der Waals surface area contributed by atoms with Crippen molar-refractivity contribution in [3.8, 4) is 0 Å². The number of nitrogens with one attached hydrogen (secondary N) is 1. The minimum absolute atomic E-state index is 0.0277. The molecule has 0 spiro atoms. The first-order chi connectivity index (χ1) is 6.86. The van der Waals surface area contributed by atoms with Gasteiger partial charge in [-0.3, -0.25) is 15.2 Å². The molecular weight excluding hydrogens is 180 g/mol. The van der Waals surface area contributed by atoms with Gasteiger partial charge in [-0.25, -0.2) is 0 Å². The normalized spacial score (nSPS) is 16.9. The van der Waals surface area contributed by atoms with E-state index in [1.54, 1.807) is 5.01 Å². The molecule has 14 heavy (non-hydrogen) atoms. The fourth-order valence-electron chi connectivity index (χ4n) is 1.30. The summed E-state index contributed by atoms with van der Waals surface area (Å²) in [6.07, 6.45) is 0. The number of carbonyl (C=O) groups is 1. The van der Waals surface area contributed by atoms with E-state index in [-0.39, 0.29) is 12.5 Å². The minimum Gasteiger partial charge on any atom is -0.370 e. The SMILES string of the molecule is O=C1COCCN1Nc1ccccc1. The van der Waals surface area contributed by atoms with E-state index in [4.69, 9.17) is 4.74 Å². The molecular formula is C10H12N2O2. The Balaban J connectivity index is 2.00. The van der Waals surface area contributed by atoms with Crippen LogP contribution in [0.2, 0.25) is 0 Å². The number of morpholine rings is 1. The first-order valence-corrected chi connectivity index (χ1v) is 4.56. The summed E-state index contributed by atoms with van der Waals surface area (Å²) in [5, 5.41) is 1.58. The quantitative estimate of drug-likeness (QED) is 0.756. The maximum absolute atomic E-state index is 11.3. The van der Waals surface area contributed by atoms with Gasteiger partial charge in [0.1, 0.15) is 6.61 Å². The number of carbonyl (C=O) groups excluding carboxylic acids is 1. The molecule has 4 heteroatoms. The highest BCUT2D eigenvalue weighted by atomic mass is 16.5. The second-order valence-corrected chi connectivity index (χ2v) is 3.08. The van der Waals surface area contributed by atoms with Crippen molar-refractivity contribution >= 4 is 11.6 Å². The fourth-order valence-corrected chi connectivity index (χ4v) is 1.30. The van der Waals surface area contributed by atoms with Gasteiger partial charge in [0, 0.05) is 0 Å². The minimum atomic E-state index is -0.0277. The standard InChI is InChI=1S/C10H12N2O2/c13-10-8-14-7-6-12(10)11-9-4-2-1-3-5-9/h1-5,11H,6-8H2. The zero-order valence-electron chi connectivity index (χ0n) is 7.77. The van der Waals surface area contributed by atoms with Gasteiger partial charge in [-0.1, -0.05) is 18.2 Å². The summed E-state index contributed by atoms with van der Waals surface area (Å²) in [6, 6.07) is 9.62. The van der Waals surface area contributed by atoms with Crippen LogP contribution in [0.4, 0.5) is 5.69 Å². The third kappa shape index (κ3) is 2.03. The van der Waals surface area contributed by atoms with E-state index < -0.39 is 0 Å². The molecule has 1 amide bonds. The topological polar surface area (TPSA) is 41.6 Å². The van der Waals surface area contributed by atoms with Crippen LogP contribution in [0.3, 0.4) is 0 Å². The number of benzene rings is 1. The Labute approximate surface area is 82.4 Å². The van der Waals surface area contributed by atoms with Gasteiger partial charge < -0.3 is 4.74 Å². The van der Waals surface area contributed by atoms with Crippen LogP contribution < -0.4 is 5.43 Å². The molecule has 1 fully saturated rings. The van der Waals surface area contributed by atoms with Gasteiger partial charge in [0.15, 0.2) is 0 Å². The molecule has 1 aliphatic rings. The van der Waals surface area contributed by atoms with Gasteiger partial charge in [-0.15, -0.1) is 0 Å². The first kappa shape index (κ1) is 9.02. The zero-order valence-corrected chi connectivity index (χ0v) is 7.77. The van der Waals surface area contributed by atoms with E-state index in [0.29, 0.717) is 13.2 Å². The number of hydrogen-bond donors (Lipinski definition) is 1. The number of para-hydroxylation sites is 1. The molecule has 0 saturated carbocycles. The van der Waals surface area contributed by atoms with E-state index in [2.05, 4.69) is 5.43 Å². The summed E-state index contributed by atoms with van der Waals surface area (Å²) in [5.41, 5.74) is 3.95. The largest absolute Gasteiger partial charge is 0.370 e. The molecule has 0 bridgehead atoms. The first-order valence-electron chi connectivity index (χ1n) is 4.56. The predicted molar refractivity (Wildman–Crippen MR) is 52.6 cm³/mol. The molecule has 4 nitrogen and oxygen atoms in total. The van der Waals surface area contributed by atoms with Gasteiger partial charge in [0.25, 0.3) is 5.91 Å². The van der Waals surface area contributed by atoms with Gasteiger partial charge >= 0.3 is 0 Å². The van der Waals surface area contributed by atoms with Crippen LogP contribution in [0.15, 0.2) is 30.3 Å². The zero-order chi connectivity index (χ0) is 9.80. The van der Waals surface area contributed by atoms with Gasteiger partial charge in [-0.05, 0) is 12.1 Å². The third-order valence-electron chi connectivity index (χ3n) is 2.02. The molecule has 1 aliphatic heterocycles. The number of anilines is 1. The number of nitrogens with zero attached hydrogens (tertiary/aromatic N) is 1. The van der Waals surface area contributed by atoms with Gasteiger partial charge in [0.2, 0.25) is 0 Å². The summed E-state index contributed by atoms with van der Waals surface area (Å²) in [6.45, 7) is 1.35. The molecule has 1 aromatic carbocycles. The average molecular weight is 192 g/mol. The van der Waals surface area contributed by atoms with Crippen molar-refractivity contribution in [2.24, 2.45) is 0 Å². The molecule has 2 rings (SSSR count). The molecule has 0 atom stereocenters. The average Bonchev–Trinajstić information content (AvgIpc) is 2.23. The van der Waals surface area contributed by atoms with Gasteiger partial charge in [-0.2, -0.15) is 0 Å². The number of hydrazine groups is 1. The van der Waals surface area contributed by atoms with E-state index in [0.717, 1.165) is 5.69 Å². The monoisotopic (exact) mass is 192 g/mol. The molecule has 0 aromatic heterocycles. The Morgan fingerprint density at radius 2 is 2.07 bits per heavy atom. The smallest absolute Gasteiger partial charge is 0.266 e.